The molecular weight excluding hydrogens is 180 g/mol. The molecule has 14 heavy (non-hydrogen) atoms. The van der Waals surface area contributed by atoms with E-state index in [1.807, 2.05) is 7.05 Å². The molecule has 0 unspecified atom stereocenters. The second-order valence-electron chi connectivity index (χ2n) is 3.17. The Morgan fingerprint density at radius 2 is 2.36 bits per heavy atom. The molecule has 4 nitrogen and oxygen atoms in total. The van der Waals surface area contributed by atoms with Crippen molar-refractivity contribution in [3.63, 3.8) is 0 Å². The highest BCUT2D eigenvalue weighted by atomic mass is 16.5. The molecule has 1 N–H and O–H groups in total. The summed E-state index contributed by atoms with van der Waals surface area (Å²) in [6.45, 7) is 1.67. The van der Waals surface area contributed by atoms with E-state index in [9.17, 15) is 0 Å². The zero-order valence-corrected chi connectivity index (χ0v) is 8.88. The molecule has 0 aromatic carbocycles. The molecule has 1 aromatic heterocycles. The highest BCUT2D eigenvalue weighted by Crippen LogP contribution is 2.06. The minimum atomic E-state index is 0.663. The lowest BCUT2D eigenvalue weighted by atomic mass is 10.3. The van der Waals surface area contributed by atoms with Gasteiger partial charge in [-0.15, -0.1) is 0 Å². The lowest BCUT2D eigenvalue weighted by molar-refractivity contribution is 0.194. The Balaban J connectivity index is 2.27. The van der Waals surface area contributed by atoms with Crippen molar-refractivity contribution in [1.82, 2.24) is 10.3 Å². The van der Waals surface area contributed by atoms with Gasteiger partial charge in [0.15, 0.2) is 5.89 Å². The quantitative estimate of drug-likeness (QED) is 0.664. The van der Waals surface area contributed by atoms with Gasteiger partial charge in [0.05, 0.1) is 12.8 Å². The first kappa shape index (κ1) is 11.2. The number of nitrogens with one attached hydrogen (secondary N) is 1. The van der Waals surface area contributed by atoms with Gasteiger partial charge < -0.3 is 14.5 Å². The van der Waals surface area contributed by atoms with E-state index in [-0.39, 0.29) is 0 Å². The van der Waals surface area contributed by atoms with Crippen molar-refractivity contribution in [2.45, 2.75) is 19.3 Å². The summed E-state index contributed by atoms with van der Waals surface area (Å²) in [7, 11) is 3.63. The molecular formula is C10H18N2O2. The monoisotopic (exact) mass is 198 g/mol. The first-order valence-corrected chi connectivity index (χ1v) is 4.94. The van der Waals surface area contributed by atoms with Crippen LogP contribution in [0.5, 0.6) is 0 Å². The van der Waals surface area contributed by atoms with Crippen LogP contribution in [0.2, 0.25) is 0 Å². The van der Waals surface area contributed by atoms with Crippen LogP contribution in [-0.4, -0.2) is 32.3 Å². The standard InChI is InChI=1S/C10H18N2O2/c1-11-6-3-4-9-8-12-10(14-9)5-7-13-2/h8,11H,3-7H2,1-2H3. The fourth-order valence-electron chi connectivity index (χ4n) is 1.21. The summed E-state index contributed by atoms with van der Waals surface area (Å²) in [6, 6.07) is 0. The van der Waals surface area contributed by atoms with Crippen molar-refractivity contribution < 1.29 is 9.15 Å². The van der Waals surface area contributed by atoms with E-state index in [1.54, 1.807) is 13.3 Å². The van der Waals surface area contributed by atoms with Crippen LogP contribution in [0.3, 0.4) is 0 Å². The van der Waals surface area contributed by atoms with Crippen LogP contribution in [-0.2, 0) is 17.6 Å². The summed E-state index contributed by atoms with van der Waals surface area (Å²) in [4.78, 5) is 4.17. The van der Waals surface area contributed by atoms with Gasteiger partial charge in [0.25, 0.3) is 0 Å². The van der Waals surface area contributed by atoms with Crippen LogP contribution in [0.15, 0.2) is 10.6 Å². The van der Waals surface area contributed by atoms with Gasteiger partial charge in [-0.2, -0.15) is 0 Å². The molecule has 0 aliphatic rings. The smallest absolute Gasteiger partial charge is 0.196 e. The third-order valence-electron chi connectivity index (χ3n) is 1.97. The van der Waals surface area contributed by atoms with Crippen molar-refractivity contribution in [1.29, 1.82) is 0 Å². The Morgan fingerprint density at radius 1 is 1.50 bits per heavy atom. The number of hydrogen-bond acceptors (Lipinski definition) is 4. The van der Waals surface area contributed by atoms with E-state index < -0.39 is 0 Å². The molecule has 0 radical (unpaired) electrons. The van der Waals surface area contributed by atoms with E-state index in [1.165, 1.54) is 0 Å². The van der Waals surface area contributed by atoms with Crippen molar-refractivity contribution in [3.8, 4) is 0 Å². The van der Waals surface area contributed by atoms with Crippen molar-refractivity contribution in [3.05, 3.63) is 17.8 Å². The normalized spacial score (nSPS) is 10.7. The van der Waals surface area contributed by atoms with Crippen molar-refractivity contribution in [2.24, 2.45) is 0 Å². The lowest BCUT2D eigenvalue weighted by Crippen LogP contribution is -2.08. The highest BCUT2D eigenvalue weighted by molar-refractivity contribution is 4.94. The Bertz CT molecular complexity index is 248. The molecule has 0 amide bonds. The van der Waals surface area contributed by atoms with Gasteiger partial charge in [0, 0.05) is 20.0 Å². The molecule has 0 fully saturated rings. The Labute approximate surface area is 84.7 Å². The predicted octanol–water partition coefficient (Wildman–Crippen LogP) is 1.02. The van der Waals surface area contributed by atoms with E-state index in [4.69, 9.17) is 9.15 Å². The predicted molar refractivity (Wildman–Crippen MR) is 54.3 cm³/mol. The van der Waals surface area contributed by atoms with Gasteiger partial charge >= 0.3 is 0 Å². The van der Waals surface area contributed by atoms with Gasteiger partial charge in [-0.25, -0.2) is 4.98 Å². The topological polar surface area (TPSA) is 47.3 Å². The van der Waals surface area contributed by atoms with Crippen LogP contribution in [0.4, 0.5) is 0 Å². The maximum atomic E-state index is 5.51. The maximum absolute atomic E-state index is 5.51. The summed E-state index contributed by atoms with van der Waals surface area (Å²) in [6.07, 6.45) is 4.58. The minimum Gasteiger partial charge on any atom is -0.446 e. The minimum absolute atomic E-state index is 0.663. The number of aromatic nitrogens is 1. The molecule has 80 valence electrons. The molecule has 0 aliphatic heterocycles. The summed E-state index contributed by atoms with van der Waals surface area (Å²) >= 11 is 0. The summed E-state index contributed by atoms with van der Waals surface area (Å²) in [5, 5.41) is 3.10. The zero-order valence-electron chi connectivity index (χ0n) is 8.88. The van der Waals surface area contributed by atoms with E-state index in [0.717, 1.165) is 37.5 Å². The molecule has 0 spiro atoms. The fraction of sp³-hybridized carbons (Fsp3) is 0.700. The third-order valence-corrected chi connectivity index (χ3v) is 1.97. The highest BCUT2D eigenvalue weighted by Gasteiger charge is 2.02. The van der Waals surface area contributed by atoms with Crippen molar-refractivity contribution in [2.75, 3.05) is 27.3 Å². The van der Waals surface area contributed by atoms with Crippen molar-refractivity contribution >= 4 is 0 Å². The molecule has 0 saturated carbocycles. The largest absolute Gasteiger partial charge is 0.446 e. The molecule has 4 heteroatoms. The van der Waals surface area contributed by atoms with Gasteiger partial charge in [0.2, 0.25) is 0 Å². The summed E-state index contributed by atoms with van der Waals surface area (Å²) < 4.78 is 10.5. The van der Waals surface area contributed by atoms with E-state index in [0.29, 0.717) is 6.61 Å². The summed E-state index contributed by atoms with van der Waals surface area (Å²) in [5.41, 5.74) is 0. The third kappa shape index (κ3) is 3.89. The average Bonchev–Trinajstić information content (AvgIpc) is 2.63. The second-order valence-corrected chi connectivity index (χ2v) is 3.17. The Kier molecular flexibility index (Phi) is 5.25. The Morgan fingerprint density at radius 3 is 3.07 bits per heavy atom. The number of oxazole rings is 1. The molecule has 1 aromatic rings. The number of rotatable bonds is 7. The Hall–Kier alpha value is -0.870. The molecule has 1 heterocycles. The number of ether oxygens (including phenoxy) is 1. The number of hydrogen-bond donors (Lipinski definition) is 1. The molecule has 0 saturated heterocycles. The zero-order chi connectivity index (χ0) is 10.2. The van der Waals surface area contributed by atoms with Gasteiger partial charge in [0.1, 0.15) is 5.76 Å². The van der Waals surface area contributed by atoms with Gasteiger partial charge in [-0.3, -0.25) is 0 Å². The van der Waals surface area contributed by atoms with Crippen LogP contribution >= 0.6 is 0 Å². The maximum Gasteiger partial charge on any atom is 0.196 e. The van der Waals surface area contributed by atoms with E-state index >= 15 is 0 Å². The SMILES string of the molecule is CNCCCc1cnc(CCOC)o1. The number of methoxy groups -OCH3 is 1. The lowest BCUT2D eigenvalue weighted by Gasteiger charge is -1.96. The van der Waals surface area contributed by atoms with Crippen LogP contribution in [0.25, 0.3) is 0 Å². The molecule has 1 rings (SSSR count). The first-order valence-electron chi connectivity index (χ1n) is 4.94. The van der Waals surface area contributed by atoms with Gasteiger partial charge in [-0.1, -0.05) is 0 Å². The second kappa shape index (κ2) is 6.56. The van der Waals surface area contributed by atoms with Crippen LogP contribution in [0, 0.1) is 0 Å². The van der Waals surface area contributed by atoms with Gasteiger partial charge in [-0.05, 0) is 20.0 Å². The van der Waals surface area contributed by atoms with E-state index in [2.05, 4.69) is 10.3 Å². The molecule has 0 bridgehead atoms. The number of aryl methyl sites for hydroxylation is 1. The average molecular weight is 198 g/mol. The van der Waals surface area contributed by atoms with Crippen LogP contribution in [0.1, 0.15) is 18.1 Å². The first-order chi connectivity index (χ1) is 6.86. The fourth-order valence-corrected chi connectivity index (χ4v) is 1.21. The van der Waals surface area contributed by atoms with Crippen LogP contribution < -0.4 is 5.32 Å². The summed E-state index contributed by atoms with van der Waals surface area (Å²) in [5.74, 6) is 1.73. The molecule has 0 aliphatic carbocycles. The number of nitrogens with zero attached hydrogens (tertiary/aromatic N) is 1. The molecule has 0 atom stereocenters.